The van der Waals surface area contributed by atoms with E-state index in [1.165, 1.54) is 0 Å². The van der Waals surface area contributed by atoms with Crippen LogP contribution in [0, 0.1) is 5.41 Å². The van der Waals surface area contributed by atoms with E-state index >= 15 is 0 Å². The molecule has 0 bridgehead atoms. The van der Waals surface area contributed by atoms with E-state index in [2.05, 4.69) is 43.3 Å². The lowest BCUT2D eigenvalue weighted by Crippen LogP contribution is -2.54. The summed E-state index contributed by atoms with van der Waals surface area (Å²) < 4.78 is 12.9. The van der Waals surface area contributed by atoms with Gasteiger partial charge in [-0.25, -0.2) is 9.78 Å². The molecule has 6 rings (SSSR count). The van der Waals surface area contributed by atoms with E-state index in [0.717, 1.165) is 21.9 Å². The number of carboxylic acid groups (broad SMARTS) is 1. The molecule has 236 valence electrons. The molecule has 2 aromatic carbocycles. The van der Waals surface area contributed by atoms with Crippen molar-refractivity contribution < 1.29 is 24.2 Å². The molecular weight excluding hydrogens is 572 g/mol. The highest BCUT2D eigenvalue weighted by atomic mass is 16.5. The van der Waals surface area contributed by atoms with Crippen molar-refractivity contribution in [1.82, 2.24) is 24.6 Å². The minimum Gasteiger partial charge on any atom is -0.495 e. The highest BCUT2D eigenvalue weighted by Gasteiger charge is 2.39. The Labute approximate surface area is 262 Å². The fraction of sp³-hybridized carbons (Fsp3) is 0.412. The SMILES string of the molecule is COc1cc(C(=O)N2CC(OC)C2)ccc1Nc1cc2c(-c3cnn(C4CCN(C(=O)O)C(C(C)(C)C)C4)c3)cccc2cn1. The number of carbonyl (C=O) groups is 2. The average Bonchev–Trinajstić information content (AvgIpc) is 3.50. The van der Waals surface area contributed by atoms with Crippen LogP contribution >= 0.6 is 0 Å². The van der Waals surface area contributed by atoms with Crippen LogP contribution in [-0.2, 0) is 4.74 Å². The van der Waals surface area contributed by atoms with Gasteiger partial charge in [0.15, 0.2) is 0 Å². The fourth-order valence-electron chi connectivity index (χ4n) is 6.40. The Morgan fingerprint density at radius 3 is 2.58 bits per heavy atom. The third-order valence-electron chi connectivity index (χ3n) is 9.05. The minimum atomic E-state index is -0.863. The fourth-order valence-corrected chi connectivity index (χ4v) is 6.40. The maximum Gasteiger partial charge on any atom is 0.407 e. The molecule has 2 amide bonds. The topological polar surface area (TPSA) is 122 Å². The third kappa shape index (κ3) is 6.04. The van der Waals surface area contributed by atoms with Crippen LogP contribution in [0.1, 0.15) is 50.0 Å². The molecule has 0 saturated carbocycles. The van der Waals surface area contributed by atoms with Gasteiger partial charge in [0.2, 0.25) is 0 Å². The number of hydrogen-bond donors (Lipinski definition) is 2. The third-order valence-corrected chi connectivity index (χ3v) is 9.05. The molecule has 2 aromatic heterocycles. The number of anilines is 2. The molecule has 45 heavy (non-hydrogen) atoms. The summed E-state index contributed by atoms with van der Waals surface area (Å²) in [5.74, 6) is 1.13. The van der Waals surface area contributed by atoms with Crippen LogP contribution < -0.4 is 10.1 Å². The predicted molar refractivity (Wildman–Crippen MR) is 172 cm³/mol. The average molecular weight is 613 g/mol. The van der Waals surface area contributed by atoms with Crippen molar-refractivity contribution in [3.63, 3.8) is 0 Å². The van der Waals surface area contributed by atoms with Crippen LogP contribution in [0.5, 0.6) is 5.75 Å². The van der Waals surface area contributed by atoms with E-state index in [0.29, 0.717) is 55.3 Å². The standard InChI is InChI=1S/C34H40N6O5/c1-34(2,3)30-14-24(11-12-39(30)33(42)43)40-18-23(17-36-40)26-8-6-7-22-16-35-31(15-27(22)26)37-28-10-9-21(13-29(28)45-5)32(41)38-19-25(20-38)44-4/h6-10,13,15-18,24-25,30H,11-12,14,19-20H2,1-5H3,(H,35,37)(H,42,43). The lowest BCUT2D eigenvalue weighted by molar-refractivity contribution is -0.0192. The molecule has 2 aliphatic heterocycles. The molecule has 0 radical (unpaired) electrons. The van der Waals surface area contributed by atoms with Gasteiger partial charge in [0, 0.05) is 61.7 Å². The van der Waals surface area contributed by atoms with Gasteiger partial charge in [-0.05, 0) is 53.5 Å². The van der Waals surface area contributed by atoms with Crippen LogP contribution in [0.2, 0.25) is 0 Å². The number of piperidine rings is 1. The van der Waals surface area contributed by atoms with Crippen molar-refractivity contribution in [2.24, 2.45) is 5.41 Å². The Bertz CT molecular complexity index is 1720. The van der Waals surface area contributed by atoms with Gasteiger partial charge in [-0.3, -0.25) is 9.48 Å². The highest BCUT2D eigenvalue weighted by Crippen LogP contribution is 2.38. The number of benzene rings is 2. The smallest absolute Gasteiger partial charge is 0.407 e. The number of carbonyl (C=O) groups excluding carboxylic acids is 1. The summed E-state index contributed by atoms with van der Waals surface area (Å²) in [5.41, 5.74) is 3.08. The zero-order valence-electron chi connectivity index (χ0n) is 26.4. The van der Waals surface area contributed by atoms with Gasteiger partial charge in [0.05, 0.1) is 31.1 Å². The molecule has 2 saturated heterocycles. The lowest BCUT2D eigenvalue weighted by Gasteiger charge is -2.44. The monoisotopic (exact) mass is 612 g/mol. The van der Waals surface area contributed by atoms with Gasteiger partial charge in [0.25, 0.3) is 5.91 Å². The van der Waals surface area contributed by atoms with Crippen LogP contribution in [0.3, 0.4) is 0 Å². The number of pyridine rings is 1. The molecule has 2 fully saturated rings. The van der Waals surface area contributed by atoms with Crippen molar-refractivity contribution in [2.75, 3.05) is 39.2 Å². The second-order valence-electron chi connectivity index (χ2n) is 12.9. The van der Waals surface area contributed by atoms with E-state index in [-0.39, 0.29) is 29.5 Å². The Balaban J connectivity index is 1.23. The van der Waals surface area contributed by atoms with Gasteiger partial charge >= 0.3 is 6.09 Å². The summed E-state index contributed by atoms with van der Waals surface area (Å²) >= 11 is 0. The Morgan fingerprint density at radius 2 is 1.87 bits per heavy atom. The van der Waals surface area contributed by atoms with E-state index in [1.807, 2.05) is 41.3 Å². The Hall–Kier alpha value is -4.64. The lowest BCUT2D eigenvalue weighted by atomic mass is 9.79. The Kier molecular flexibility index (Phi) is 8.13. The number of aromatic nitrogens is 3. The number of hydrogen-bond acceptors (Lipinski definition) is 7. The first-order valence-electron chi connectivity index (χ1n) is 15.3. The normalized spacial score (nSPS) is 19.0. The number of amides is 2. The number of ether oxygens (including phenoxy) is 2. The summed E-state index contributed by atoms with van der Waals surface area (Å²) in [6.07, 6.45) is 6.43. The van der Waals surface area contributed by atoms with Crippen LogP contribution in [0.4, 0.5) is 16.3 Å². The number of methoxy groups -OCH3 is 2. The molecule has 4 heterocycles. The first kappa shape index (κ1) is 30.4. The number of nitrogens with zero attached hydrogens (tertiary/aromatic N) is 5. The van der Waals surface area contributed by atoms with E-state index in [4.69, 9.17) is 14.6 Å². The molecular formula is C34H40N6O5. The van der Waals surface area contributed by atoms with Gasteiger partial charge in [-0.15, -0.1) is 0 Å². The van der Waals surface area contributed by atoms with Crippen LogP contribution in [-0.4, -0.2) is 87.7 Å². The Morgan fingerprint density at radius 1 is 1.07 bits per heavy atom. The number of likely N-dealkylation sites (tertiary alicyclic amines) is 2. The van der Waals surface area contributed by atoms with Crippen LogP contribution in [0.15, 0.2) is 61.1 Å². The molecule has 2 aliphatic rings. The molecule has 2 atom stereocenters. The second-order valence-corrected chi connectivity index (χ2v) is 12.9. The predicted octanol–water partition coefficient (Wildman–Crippen LogP) is 6.05. The van der Waals surface area contributed by atoms with Crippen molar-refractivity contribution in [2.45, 2.75) is 51.8 Å². The molecule has 0 aliphatic carbocycles. The summed E-state index contributed by atoms with van der Waals surface area (Å²) in [6.45, 7) is 7.93. The highest BCUT2D eigenvalue weighted by molar-refractivity contribution is 5.98. The van der Waals surface area contributed by atoms with Crippen molar-refractivity contribution in [1.29, 1.82) is 0 Å². The molecule has 11 heteroatoms. The molecule has 4 aromatic rings. The molecule has 0 spiro atoms. The maximum absolute atomic E-state index is 12.9. The molecule has 2 N–H and O–H groups in total. The van der Waals surface area contributed by atoms with E-state index in [9.17, 15) is 14.7 Å². The summed E-state index contributed by atoms with van der Waals surface area (Å²) in [5, 5.41) is 19.9. The van der Waals surface area contributed by atoms with Gasteiger partial charge in [0.1, 0.15) is 11.6 Å². The second kappa shape index (κ2) is 12.0. The van der Waals surface area contributed by atoms with Crippen molar-refractivity contribution >= 4 is 34.3 Å². The maximum atomic E-state index is 12.9. The van der Waals surface area contributed by atoms with Crippen molar-refractivity contribution in [3.8, 4) is 16.9 Å². The van der Waals surface area contributed by atoms with Gasteiger partial charge in [-0.2, -0.15) is 5.10 Å². The minimum absolute atomic E-state index is 0.0523. The van der Waals surface area contributed by atoms with E-state index in [1.54, 1.807) is 36.2 Å². The summed E-state index contributed by atoms with van der Waals surface area (Å²) in [7, 11) is 3.24. The summed E-state index contributed by atoms with van der Waals surface area (Å²) in [4.78, 5) is 32.8. The van der Waals surface area contributed by atoms with Crippen LogP contribution in [0.25, 0.3) is 21.9 Å². The van der Waals surface area contributed by atoms with Crippen molar-refractivity contribution in [3.05, 3.63) is 66.6 Å². The first-order valence-corrected chi connectivity index (χ1v) is 15.3. The number of fused-ring (bicyclic) bond motifs is 1. The zero-order chi connectivity index (χ0) is 31.9. The zero-order valence-corrected chi connectivity index (χ0v) is 26.4. The largest absolute Gasteiger partial charge is 0.495 e. The van der Waals surface area contributed by atoms with Gasteiger partial charge in [-0.1, -0.05) is 39.0 Å². The molecule has 2 unspecified atom stereocenters. The number of nitrogens with one attached hydrogen (secondary N) is 1. The van der Waals surface area contributed by atoms with Gasteiger partial charge < -0.3 is 29.7 Å². The first-order chi connectivity index (χ1) is 21.5. The number of rotatable bonds is 7. The van der Waals surface area contributed by atoms with E-state index < -0.39 is 6.09 Å². The quantitative estimate of drug-likeness (QED) is 0.259. The molecule has 11 nitrogen and oxygen atoms in total. The summed E-state index contributed by atoms with van der Waals surface area (Å²) in [6, 6.07) is 13.5.